The quantitative estimate of drug-likeness (QED) is 0.774. The third-order valence-corrected chi connectivity index (χ3v) is 3.28. The molecule has 1 amide bonds. The highest BCUT2D eigenvalue weighted by Crippen LogP contribution is 2.22. The second kappa shape index (κ2) is 5.89. The SMILES string of the molecule is CCOc1ccc2cc(C(=O)Nc3cccc(C)n3)[nH]c2c1. The summed E-state index contributed by atoms with van der Waals surface area (Å²) in [5, 5.41) is 3.75. The zero-order chi connectivity index (χ0) is 15.5. The van der Waals surface area contributed by atoms with Crippen molar-refractivity contribution in [2.45, 2.75) is 13.8 Å². The molecule has 112 valence electrons. The van der Waals surface area contributed by atoms with E-state index in [1.165, 1.54) is 0 Å². The standard InChI is InChI=1S/C17H17N3O2/c1-3-22-13-8-7-12-9-15(19-14(12)10-13)17(21)20-16-6-4-5-11(2)18-16/h4-10,19H,3H2,1-2H3,(H,18,20,21). The fourth-order valence-corrected chi connectivity index (χ4v) is 2.28. The summed E-state index contributed by atoms with van der Waals surface area (Å²) in [6.45, 7) is 4.43. The lowest BCUT2D eigenvalue weighted by Crippen LogP contribution is -2.13. The monoisotopic (exact) mass is 295 g/mol. The van der Waals surface area contributed by atoms with Crippen LogP contribution in [0.1, 0.15) is 23.1 Å². The third kappa shape index (κ3) is 2.93. The van der Waals surface area contributed by atoms with E-state index in [0.717, 1.165) is 22.3 Å². The van der Waals surface area contributed by atoms with E-state index in [4.69, 9.17) is 4.74 Å². The summed E-state index contributed by atoms with van der Waals surface area (Å²) in [6.07, 6.45) is 0. The highest BCUT2D eigenvalue weighted by atomic mass is 16.5. The third-order valence-electron chi connectivity index (χ3n) is 3.28. The Balaban J connectivity index is 1.84. The number of rotatable bonds is 4. The molecule has 0 aliphatic carbocycles. The lowest BCUT2D eigenvalue weighted by molar-refractivity contribution is 0.102. The van der Waals surface area contributed by atoms with E-state index >= 15 is 0 Å². The molecule has 5 heteroatoms. The van der Waals surface area contributed by atoms with Crippen LogP contribution in [0.2, 0.25) is 0 Å². The minimum atomic E-state index is -0.216. The summed E-state index contributed by atoms with van der Waals surface area (Å²) >= 11 is 0. The molecule has 3 rings (SSSR count). The summed E-state index contributed by atoms with van der Waals surface area (Å²) in [5.41, 5.74) is 2.22. The molecule has 0 bridgehead atoms. The predicted molar refractivity (Wildman–Crippen MR) is 86.4 cm³/mol. The Hall–Kier alpha value is -2.82. The zero-order valence-corrected chi connectivity index (χ0v) is 12.5. The van der Waals surface area contributed by atoms with Gasteiger partial charge in [0.1, 0.15) is 17.3 Å². The first kappa shape index (κ1) is 14.1. The number of anilines is 1. The van der Waals surface area contributed by atoms with Crippen LogP contribution in [0, 0.1) is 6.92 Å². The number of carbonyl (C=O) groups is 1. The molecule has 22 heavy (non-hydrogen) atoms. The van der Waals surface area contributed by atoms with Crippen molar-refractivity contribution in [1.82, 2.24) is 9.97 Å². The fraction of sp³-hybridized carbons (Fsp3) is 0.176. The second-order valence-electron chi connectivity index (χ2n) is 4.98. The van der Waals surface area contributed by atoms with Gasteiger partial charge in [0.2, 0.25) is 0 Å². The number of nitrogens with zero attached hydrogens (tertiary/aromatic N) is 1. The van der Waals surface area contributed by atoms with Gasteiger partial charge in [-0.2, -0.15) is 0 Å². The van der Waals surface area contributed by atoms with E-state index in [2.05, 4.69) is 15.3 Å². The van der Waals surface area contributed by atoms with Crippen LogP contribution in [0.25, 0.3) is 10.9 Å². The zero-order valence-electron chi connectivity index (χ0n) is 12.5. The van der Waals surface area contributed by atoms with Crippen molar-refractivity contribution >= 4 is 22.6 Å². The molecule has 0 aliphatic heterocycles. The fourth-order valence-electron chi connectivity index (χ4n) is 2.28. The van der Waals surface area contributed by atoms with Crippen LogP contribution >= 0.6 is 0 Å². The van der Waals surface area contributed by atoms with E-state index in [1.54, 1.807) is 6.07 Å². The van der Waals surface area contributed by atoms with Crippen LogP contribution in [0.15, 0.2) is 42.5 Å². The molecule has 0 unspecified atom stereocenters. The number of pyridine rings is 1. The number of fused-ring (bicyclic) bond motifs is 1. The molecule has 2 aromatic heterocycles. The van der Waals surface area contributed by atoms with Gasteiger partial charge in [0.15, 0.2) is 0 Å². The number of amides is 1. The van der Waals surface area contributed by atoms with Crippen molar-refractivity contribution in [3.63, 3.8) is 0 Å². The second-order valence-corrected chi connectivity index (χ2v) is 4.98. The first-order valence-corrected chi connectivity index (χ1v) is 7.16. The molecule has 0 spiro atoms. The van der Waals surface area contributed by atoms with E-state index in [1.807, 2.05) is 50.2 Å². The molecular formula is C17H17N3O2. The lowest BCUT2D eigenvalue weighted by Gasteiger charge is -2.03. The highest BCUT2D eigenvalue weighted by molar-refractivity contribution is 6.05. The maximum absolute atomic E-state index is 12.3. The Morgan fingerprint density at radius 1 is 1.27 bits per heavy atom. The minimum absolute atomic E-state index is 0.216. The van der Waals surface area contributed by atoms with Gasteiger partial charge < -0.3 is 15.0 Å². The van der Waals surface area contributed by atoms with Crippen molar-refractivity contribution < 1.29 is 9.53 Å². The van der Waals surface area contributed by atoms with Gasteiger partial charge in [-0.15, -0.1) is 0 Å². The summed E-state index contributed by atoms with van der Waals surface area (Å²) in [7, 11) is 0. The van der Waals surface area contributed by atoms with Gasteiger partial charge in [-0.25, -0.2) is 4.98 Å². The van der Waals surface area contributed by atoms with E-state index < -0.39 is 0 Å². The minimum Gasteiger partial charge on any atom is -0.494 e. The lowest BCUT2D eigenvalue weighted by atomic mass is 10.2. The molecule has 0 aliphatic rings. The van der Waals surface area contributed by atoms with Gasteiger partial charge in [0, 0.05) is 22.7 Å². The van der Waals surface area contributed by atoms with Gasteiger partial charge in [-0.1, -0.05) is 6.07 Å². The van der Waals surface area contributed by atoms with Crippen molar-refractivity contribution in [1.29, 1.82) is 0 Å². The van der Waals surface area contributed by atoms with Crippen molar-refractivity contribution in [3.05, 3.63) is 53.9 Å². The van der Waals surface area contributed by atoms with Crippen LogP contribution in [-0.4, -0.2) is 22.5 Å². The Kier molecular flexibility index (Phi) is 3.78. The number of hydrogen-bond donors (Lipinski definition) is 2. The number of benzene rings is 1. The molecule has 2 heterocycles. The summed E-state index contributed by atoms with van der Waals surface area (Å²) in [5.74, 6) is 1.11. The molecule has 0 saturated carbocycles. The van der Waals surface area contributed by atoms with Gasteiger partial charge in [-0.05, 0) is 44.2 Å². The summed E-state index contributed by atoms with van der Waals surface area (Å²) in [6, 6.07) is 13.0. The maximum atomic E-state index is 12.3. The van der Waals surface area contributed by atoms with Crippen molar-refractivity contribution in [2.24, 2.45) is 0 Å². The number of aromatic amines is 1. The highest BCUT2D eigenvalue weighted by Gasteiger charge is 2.11. The maximum Gasteiger partial charge on any atom is 0.273 e. The molecule has 3 aromatic rings. The number of aryl methyl sites for hydroxylation is 1. The van der Waals surface area contributed by atoms with Crippen LogP contribution in [0.3, 0.4) is 0 Å². The van der Waals surface area contributed by atoms with Crippen molar-refractivity contribution in [2.75, 3.05) is 11.9 Å². The number of ether oxygens (including phenoxy) is 1. The van der Waals surface area contributed by atoms with E-state index in [-0.39, 0.29) is 5.91 Å². The van der Waals surface area contributed by atoms with Crippen LogP contribution in [-0.2, 0) is 0 Å². The Labute approximate surface area is 128 Å². The number of aromatic nitrogens is 2. The molecule has 0 fully saturated rings. The molecule has 0 radical (unpaired) electrons. The van der Waals surface area contributed by atoms with Gasteiger partial charge >= 0.3 is 0 Å². The number of H-pyrrole nitrogens is 1. The average Bonchev–Trinajstić information content (AvgIpc) is 2.91. The molecule has 2 N–H and O–H groups in total. The van der Waals surface area contributed by atoms with Gasteiger partial charge in [0.25, 0.3) is 5.91 Å². The number of nitrogens with one attached hydrogen (secondary N) is 2. The first-order chi connectivity index (χ1) is 10.7. The van der Waals surface area contributed by atoms with Gasteiger partial charge in [0.05, 0.1) is 6.61 Å². The molecule has 1 aromatic carbocycles. The Morgan fingerprint density at radius 3 is 2.91 bits per heavy atom. The average molecular weight is 295 g/mol. The molecular weight excluding hydrogens is 278 g/mol. The van der Waals surface area contributed by atoms with E-state index in [0.29, 0.717) is 18.1 Å². The van der Waals surface area contributed by atoms with Crippen LogP contribution in [0.5, 0.6) is 5.75 Å². The van der Waals surface area contributed by atoms with Crippen LogP contribution in [0.4, 0.5) is 5.82 Å². The van der Waals surface area contributed by atoms with Gasteiger partial charge in [-0.3, -0.25) is 4.79 Å². The first-order valence-electron chi connectivity index (χ1n) is 7.16. The Morgan fingerprint density at radius 2 is 2.14 bits per heavy atom. The summed E-state index contributed by atoms with van der Waals surface area (Å²) in [4.78, 5) is 19.7. The number of carbonyl (C=O) groups excluding carboxylic acids is 1. The topological polar surface area (TPSA) is 67.0 Å². The van der Waals surface area contributed by atoms with E-state index in [9.17, 15) is 4.79 Å². The molecule has 0 atom stereocenters. The Bertz CT molecular complexity index is 824. The van der Waals surface area contributed by atoms with Crippen LogP contribution < -0.4 is 10.1 Å². The largest absolute Gasteiger partial charge is 0.494 e. The predicted octanol–water partition coefficient (Wildman–Crippen LogP) is 3.52. The normalized spacial score (nSPS) is 10.6. The van der Waals surface area contributed by atoms with Crippen molar-refractivity contribution in [3.8, 4) is 5.75 Å². The number of hydrogen-bond acceptors (Lipinski definition) is 3. The molecule has 0 saturated heterocycles. The smallest absolute Gasteiger partial charge is 0.273 e. The summed E-state index contributed by atoms with van der Waals surface area (Å²) < 4.78 is 5.46. The molecule has 5 nitrogen and oxygen atoms in total.